The molecule has 1 aromatic carbocycles. The number of benzene rings is 1. The molecule has 9 heteroatoms. The highest BCUT2D eigenvalue weighted by Gasteiger charge is 2.52. The van der Waals surface area contributed by atoms with Gasteiger partial charge in [-0.25, -0.2) is 4.79 Å². The van der Waals surface area contributed by atoms with E-state index in [1.165, 1.54) is 4.90 Å². The summed E-state index contributed by atoms with van der Waals surface area (Å²) in [6.07, 6.45) is 3.99. The SMILES string of the molecule is CNC(=O)C1(C(CC2CC2)NC(=O)[C@@H]2CCCN2C(=O)OCc2ccccc2)SCCS1. The molecule has 174 valence electrons. The maximum atomic E-state index is 13.3. The number of likely N-dealkylation sites (tertiary alicyclic amines) is 1. The molecule has 4 rings (SSSR count). The van der Waals surface area contributed by atoms with Crippen molar-refractivity contribution in [1.29, 1.82) is 0 Å². The second kappa shape index (κ2) is 10.4. The zero-order valence-corrected chi connectivity index (χ0v) is 20.0. The Morgan fingerprint density at radius 3 is 2.53 bits per heavy atom. The van der Waals surface area contributed by atoms with Crippen LogP contribution < -0.4 is 10.6 Å². The molecule has 3 fully saturated rings. The summed E-state index contributed by atoms with van der Waals surface area (Å²) in [5, 5.41) is 6.00. The van der Waals surface area contributed by atoms with Crippen molar-refractivity contribution in [2.45, 2.75) is 54.9 Å². The highest BCUT2D eigenvalue weighted by Crippen LogP contribution is 2.50. The fraction of sp³-hybridized carbons (Fsp3) is 0.609. The average Bonchev–Trinajstić information content (AvgIpc) is 3.29. The molecule has 0 spiro atoms. The molecule has 0 radical (unpaired) electrons. The van der Waals surface area contributed by atoms with Crippen LogP contribution in [-0.4, -0.2) is 64.1 Å². The lowest BCUT2D eigenvalue weighted by molar-refractivity contribution is -0.126. The normalized spacial score (nSPS) is 22.9. The third-order valence-electron chi connectivity index (χ3n) is 6.30. The molecule has 2 heterocycles. The van der Waals surface area contributed by atoms with E-state index in [4.69, 9.17) is 4.74 Å². The lowest BCUT2D eigenvalue weighted by atomic mass is 10.0. The minimum Gasteiger partial charge on any atom is -0.445 e. The molecule has 2 N–H and O–H groups in total. The maximum Gasteiger partial charge on any atom is 0.410 e. The molecule has 7 nitrogen and oxygen atoms in total. The average molecular weight is 478 g/mol. The zero-order chi connectivity index (χ0) is 22.6. The monoisotopic (exact) mass is 477 g/mol. The van der Waals surface area contributed by atoms with Crippen LogP contribution in [0.2, 0.25) is 0 Å². The van der Waals surface area contributed by atoms with Crippen molar-refractivity contribution in [3.63, 3.8) is 0 Å². The summed E-state index contributed by atoms with van der Waals surface area (Å²) in [5.74, 6) is 2.11. The summed E-state index contributed by atoms with van der Waals surface area (Å²) < 4.78 is 4.78. The van der Waals surface area contributed by atoms with Crippen LogP contribution in [0.25, 0.3) is 0 Å². The van der Waals surface area contributed by atoms with Gasteiger partial charge in [0.1, 0.15) is 12.6 Å². The lowest BCUT2D eigenvalue weighted by Crippen LogP contribution is -2.58. The van der Waals surface area contributed by atoms with Gasteiger partial charge in [0, 0.05) is 25.1 Å². The summed E-state index contributed by atoms with van der Waals surface area (Å²) in [6.45, 7) is 0.685. The van der Waals surface area contributed by atoms with Gasteiger partial charge in [0.25, 0.3) is 0 Å². The first-order chi connectivity index (χ1) is 15.5. The Bertz CT molecular complexity index is 828. The van der Waals surface area contributed by atoms with Gasteiger partial charge >= 0.3 is 6.09 Å². The largest absolute Gasteiger partial charge is 0.445 e. The number of rotatable bonds is 8. The van der Waals surface area contributed by atoms with Gasteiger partial charge in [0.2, 0.25) is 11.8 Å². The van der Waals surface area contributed by atoms with E-state index in [0.29, 0.717) is 18.9 Å². The molecule has 0 aromatic heterocycles. The van der Waals surface area contributed by atoms with E-state index < -0.39 is 16.2 Å². The van der Waals surface area contributed by atoms with E-state index in [1.807, 2.05) is 30.3 Å². The minimum absolute atomic E-state index is 0.0403. The molecule has 0 bridgehead atoms. The van der Waals surface area contributed by atoms with Crippen LogP contribution in [-0.2, 0) is 20.9 Å². The Labute approximate surface area is 197 Å². The topological polar surface area (TPSA) is 87.7 Å². The molecule has 3 aliphatic rings. The number of carbonyl (C=O) groups is 3. The van der Waals surface area contributed by atoms with Gasteiger partial charge in [-0.1, -0.05) is 43.2 Å². The minimum atomic E-state index is -0.704. The first-order valence-electron chi connectivity index (χ1n) is 11.3. The van der Waals surface area contributed by atoms with Crippen molar-refractivity contribution < 1.29 is 19.1 Å². The maximum absolute atomic E-state index is 13.3. The number of hydrogen-bond acceptors (Lipinski definition) is 6. The van der Waals surface area contributed by atoms with E-state index in [-0.39, 0.29) is 24.5 Å². The first-order valence-corrected chi connectivity index (χ1v) is 13.3. The molecule has 2 saturated heterocycles. The second-order valence-corrected chi connectivity index (χ2v) is 11.5. The van der Waals surface area contributed by atoms with Crippen LogP contribution in [0.15, 0.2) is 30.3 Å². The van der Waals surface area contributed by atoms with E-state index in [1.54, 1.807) is 30.6 Å². The summed E-state index contributed by atoms with van der Waals surface area (Å²) in [6, 6.07) is 8.70. The van der Waals surface area contributed by atoms with Crippen LogP contribution in [0.1, 0.15) is 37.7 Å². The molecular weight excluding hydrogens is 446 g/mol. The second-order valence-electron chi connectivity index (χ2n) is 8.58. The Hall–Kier alpha value is -1.87. The lowest BCUT2D eigenvalue weighted by Gasteiger charge is -2.36. The Morgan fingerprint density at radius 2 is 1.88 bits per heavy atom. The molecule has 1 unspecified atom stereocenters. The van der Waals surface area contributed by atoms with Crippen molar-refractivity contribution in [2.75, 3.05) is 25.1 Å². The van der Waals surface area contributed by atoms with Crippen LogP contribution in [0.5, 0.6) is 0 Å². The van der Waals surface area contributed by atoms with Crippen molar-refractivity contribution in [1.82, 2.24) is 15.5 Å². The molecule has 2 aliphatic heterocycles. The molecule has 32 heavy (non-hydrogen) atoms. The van der Waals surface area contributed by atoms with Gasteiger partial charge in [-0.2, -0.15) is 0 Å². The van der Waals surface area contributed by atoms with Crippen LogP contribution in [0.4, 0.5) is 4.79 Å². The molecule has 3 amide bonds. The summed E-state index contributed by atoms with van der Waals surface area (Å²) in [7, 11) is 1.65. The van der Waals surface area contributed by atoms with Crippen molar-refractivity contribution >= 4 is 41.4 Å². The van der Waals surface area contributed by atoms with Crippen molar-refractivity contribution in [3.8, 4) is 0 Å². The third kappa shape index (κ3) is 5.20. The predicted molar refractivity (Wildman–Crippen MR) is 127 cm³/mol. The van der Waals surface area contributed by atoms with Gasteiger partial charge in [-0.05, 0) is 30.7 Å². The first kappa shape index (κ1) is 23.3. The number of nitrogens with one attached hydrogen (secondary N) is 2. The van der Waals surface area contributed by atoms with Gasteiger partial charge in [0.05, 0.1) is 6.04 Å². The smallest absolute Gasteiger partial charge is 0.410 e. The van der Waals surface area contributed by atoms with Gasteiger partial charge < -0.3 is 15.4 Å². The highest BCUT2D eigenvalue weighted by molar-refractivity contribution is 8.22. The Morgan fingerprint density at radius 1 is 1.16 bits per heavy atom. The molecular formula is C23H31N3O4S2. The van der Waals surface area contributed by atoms with E-state index >= 15 is 0 Å². The fourth-order valence-electron chi connectivity index (χ4n) is 4.42. The number of carbonyl (C=O) groups excluding carboxylic acids is 3. The highest BCUT2D eigenvalue weighted by atomic mass is 32.2. The van der Waals surface area contributed by atoms with Gasteiger partial charge in [-0.3, -0.25) is 14.5 Å². The van der Waals surface area contributed by atoms with Crippen molar-refractivity contribution in [3.05, 3.63) is 35.9 Å². The summed E-state index contributed by atoms with van der Waals surface area (Å²) in [4.78, 5) is 40.5. The number of hydrogen-bond donors (Lipinski definition) is 2. The zero-order valence-electron chi connectivity index (χ0n) is 18.4. The van der Waals surface area contributed by atoms with Crippen molar-refractivity contribution in [2.24, 2.45) is 5.92 Å². The number of amides is 3. The van der Waals surface area contributed by atoms with E-state index in [9.17, 15) is 14.4 Å². The van der Waals surface area contributed by atoms with Crippen LogP contribution >= 0.6 is 23.5 Å². The van der Waals surface area contributed by atoms with E-state index in [2.05, 4.69) is 10.6 Å². The Balaban J connectivity index is 1.42. The van der Waals surface area contributed by atoms with Crippen LogP contribution in [0.3, 0.4) is 0 Å². The molecule has 2 atom stereocenters. The summed E-state index contributed by atoms with van der Waals surface area (Å²) >= 11 is 3.26. The molecule has 1 saturated carbocycles. The quantitative estimate of drug-likeness (QED) is 0.599. The van der Waals surface area contributed by atoms with Crippen LogP contribution in [0, 0.1) is 5.92 Å². The number of thioether (sulfide) groups is 2. The van der Waals surface area contributed by atoms with Gasteiger partial charge in [0.15, 0.2) is 4.08 Å². The summed E-state index contributed by atoms with van der Waals surface area (Å²) in [5.41, 5.74) is 0.911. The molecule has 1 aliphatic carbocycles. The fourth-order valence-corrected chi connectivity index (χ4v) is 7.70. The van der Waals surface area contributed by atoms with E-state index in [0.717, 1.165) is 42.8 Å². The van der Waals surface area contributed by atoms with Gasteiger partial charge in [-0.15, -0.1) is 23.5 Å². The standard InChI is InChI=1S/C23H31N3O4S2/c1-24-21(28)23(31-12-13-32-23)19(14-16-9-10-16)25-20(27)18-8-5-11-26(18)22(29)30-15-17-6-3-2-4-7-17/h2-4,6-7,16,18-19H,5,8-15H2,1H3,(H,24,28)(H,25,27)/t18-,19?/m0/s1. The third-order valence-corrected chi connectivity index (χ3v) is 9.88. The number of ether oxygens (including phenoxy) is 1. The predicted octanol–water partition coefficient (Wildman–Crippen LogP) is 2.99. The number of nitrogens with zero attached hydrogens (tertiary/aromatic N) is 1. The molecule has 1 aromatic rings. The Kier molecular flexibility index (Phi) is 7.55.